The molecule has 0 saturated heterocycles. The van der Waals surface area contributed by atoms with Crippen molar-refractivity contribution in [3.63, 3.8) is 0 Å². The number of hydrogen-bond acceptors (Lipinski definition) is 2. The second-order valence-corrected chi connectivity index (χ2v) is 7.00. The van der Waals surface area contributed by atoms with Gasteiger partial charge in [-0.3, -0.25) is 4.98 Å². The van der Waals surface area contributed by atoms with Crippen LogP contribution in [0.1, 0.15) is 36.1 Å². The van der Waals surface area contributed by atoms with Gasteiger partial charge in [0.15, 0.2) is 0 Å². The van der Waals surface area contributed by atoms with Crippen LogP contribution in [0.25, 0.3) is 10.9 Å². The Bertz CT molecular complexity index is 886. The van der Waals surface area contributed by atoms with Gasteiger partial charge in [-0.2, -0.15) is 13.2 Å². The lowest BCUT2D eigenvalue weighted by Crippen LogP contribution is -2.56. The van der Waals surface area contributed by atoms with Crippen molar-refractivity contribution < 1.29 is 13.2 Å². The lowest BCUT2D eigenvalue weighted by atomic mass is 9.81. The summed E-state index contributed by atoms with van der Waals surface area (Å²) in [6, 6.07) is 11.0. The van der Waals surface area contributed by atoms with Gasteiger partial charge < -0.3 is 10.7 Å². The van der Waals surface area contributed by atoms with Crippen LogP contribution in [0.4, 0.5) is 13.2 Å². The number of aromatic amines is 1. The molecule has 3 aromatic rings. The number of H-pyrrole nitrogens is 1. The Balaban J connectivity index is 1.93. The lowest BCUT2D eigenvalue weighted by molar-refractivity contribution is -0.189. The van der Waals surface area contributed by atoms with E-state index in [4.69, 9.17) is 5.73 Å². The number of benzene rings is 1. The molecule has 0 aliphatic carbocycles. The van der Waals surface area contributed by atoms with Crippen LogP contribution in [-0.4, -0.2) is 21.7 Å². The molecule has 138 valence electrons. The number of pyridine rings is 1. The first kappa shape index (κ1) is 18.5. The molecule has 2 heterocycles. The monoisotopic (exact) mass is 361 g/mol. The fourth-order valence-corrected chi connectivity index (χ4v) is 3.45. The molecule has 3 nitrogen and oxygen atoms in total. The van der Waals surface area contributed by atoms with Crippen LogP contribution in [0.3, 0.4) is 0 Å². The molecule has 0 fully saturated rings. The molecule has 1 aromatic carbocycles. The molecule has 6 heteroatoms. The highest BCUT2D eigenvalue weighted by molar-refractivity contribution is 5.84. The number of nitrogens with zero attached hydrogens (tertiary/aromatic N) is 1. The average Bonchev–Trinajstić information content (AvgIpc) is 2.90. The zero-order chi connectivity index (χ0) is 18.9. The highest BCUT2D eigenvalue weighted by Gasteiger charge is 2.52. The van der Waals surface area contributed by atoms with E-state index in [1.807, 2.05) is 31.2 Å². The third-order valence-electron chi connectivity index (χ3n) is 5.05. The molecule has 0 spiro atoms. The number of nitrogens with one attached hydrogen (secondary N) is 1. The Hall–Kier alpha value is -2.34. The average molecular weight is 361 g/mol. The highest BCUT2D eigenvalue weighted by Crippen LogP contribution is 2.39. The van der Waals surface area contributed by atoms with E-state index in [0.29, 0.717) is 5.69 Å². The minimum Gasteiger partial charge on any atom is -0.358 e. The summed E-state index contributed by atoms with van der Waals surface area (Å²) in [7, 11) is 0. The zero-order valence-electron chi connectivity index (χ0n) is 14.8. The Kier molecular flexibility index (Phi) is 4.80. The van der Waals surface area contributed by atoms with E-state index in [1.165, 1.54) is 0 Å². The van der Waals surface area contributed by atoms with Crippen molar-refractivity contribution in [3.05, 3.63) is 65.6 Å². The number of halogens is 3. The third kappa shape index (κ3) is 3.46. The maximum Gasteiger partial charge on any atom is 0.406 e. The number of alkyl halides is 3. The number of aromatic nitrogens is 2. The normalized spacial score (nSPS) is 15.8. The Labute approximate surface area is 150 Å². The van der Waals surface area contributed by atoms with E-state index in [0.717, 1.165) is 22.0 Å². The highest BCUT2D eigenvalue weighted by atomic mass is 19.4. The number of fused-ring (bicyclic) bond motifs is 1. The molecule has 0 radical (unpaired) electrons. The van der Waals surface area contributed by atoms with Crippen molar-refractivity contribution in [1.29, 1.82) is 0 Å². The minimum atomic E-state index is -4.52. The summed E-state index contributed by atoms with van der Waals surface area (Å²) < 4.78 is 41.7. The SMILES string of the molecule is Cc1c(CC(N)(CC(C)c2cccnc2)C(F)(F)F)[nH]c2ccccc12. The third-order valence-corrected chi connectivity index (χ3v) is 5.05. The first-order valence-electron chi connectivity index (χ1n) is 8.53. The second kappa shape index (κ2) is 6.76. The molecule has 2 atom stereocenters. The summed E-state index contributed by atoms with van der Waals surface area (Å²) in [6.45, 7) is 3.58. The maximum absolute atomic E-state index is 13.9. The van der Waals surface area contributed by atoms with Gasteiger partial charge in [0.05, 0.1) is 0 Å². The van der Waals surface area contributed by atoms with Crippen molar-refractivity contribution in [2.24, 2.45) is 5.73 Å². The topological polar surface area (TPSA) is 54.7 Å². The summed E-state index contributed by atoms with van der Waals surface area (Å²) in [5.74, 6) is -0.361. The van der Waals surface area contributed by atoms with E-state index in [-0.39, 0.29) is 18.8 Å². The summed E-state index contributed by atoms with van der Waals surface area (Å²) >= 11 is 0. The molecule has 3 N–H and O–H groups in total. The Morgan fingerprint density at radius 2 is 1.88 bits per heavy atom. The largest absolute Gasteiger partial charge is 0.406 e. The van der Waals surface area contributed by atoms with E-state index in [1.54, 1.807) is 31.5 Å². The number of nitrogens with two attached hydrogens (primary N) is 1. The number of aryl methyl sites for hydroxylation is 1. The van der Waals surface area contributed by atoms with Crippen LogP contribution in [0, 0.1) is 6.92 Å². The number of hydrogen-bond donors (Lipinski definition) is 2. The van der Waals surface area contributed by atoms with Crippen LogP contribution in [0.5, 0.6) is 0 Å². The van der Waals surface area contributed by atoms with Crippen LogP contribution in [-0.2, 0) is 6.42 Å². The van der Waals surface area contributed by atoms with Crippen molar-refractivity contribution in [2.45, 2.75) is 44.3 Å². The van der Waals surface area contributed by atoms with Gasteiger partial charge in [0.1, 0.15) is 5.54 Å². The molecule has 0 amide bonds. The fraction of sp³-hybridized carbons (Fsp3) is 0.350. The Morgan fingerprint density at radius 1 is 1.15 bits per heavy atom. The van der Waals surface area contributed by atoms with E-state index in [9.17, 15) is 13.2 Å². The summed E-state index contributed by atoms with van der Waals surface area (Å²) in [4.78, 5) is 7.11. The van der Waals surface area contributed by atoms with Crippen molar-refractivity contribution in [2.75, 3.05) is 0 Å². The molecular formula is C20H22F3N3. The molecule has 26 heavy (non-hydrogen) atoms. The van der Waals surface area contributed by atoms with Crippen LogP contribution in [0.15, 0.2) is 48.8 Å². The lowest BCUT2D eigenvalue weighted by Gasteiger charge is -2.34. The molecule has 3 rings (SSSR count). The van der Waals surface area contributed by atoms with Crippen molar-refractivity contribution >= 4 is 10.9 Å². The minimum absolute atomic E-state index is 0.211. The Morgan fingerprint density at radius 3 is 2.50 bits per heavy atom. The van der Waals surface area contributed by atoms with Gasteiger partial charge in [-0.05, 0) is 42.5 Å². The number of rotatable bonds is 5. The van der Waals surface area contributed by atoms with E-state index in [2.05, 4.69) is 9.97 Å². The second-order valence-electron chi connectivity index (χ2n) is 7.00. The van der Waals surface area contributed by atoms with E-state index >= 15 is 0 Å². The predicted molar refractivity (Wildman–Crippen MR) is 97.0 cm³/mol. The molecule has 0 aliphatic heterocycles. The number of para-hydroxylation sites is 1. The first-order valence-corrected chi connectivity index (χ1v) is 8.53. The summed E-state index contributed by atoms with van der Waals surface area (Å²) in [5, 5.41) is 0.923. The van der Waals surface area contributed by atoms with Gasteiger partial charge in [0, 0.05) is 35.4 Å². The van der Waals surface area contributed by atoms with Gasteiger partial charge in [-0.25, -0.2) is 0 Å². The summed E-state index contributed by atoms with van der Waals surface area (Å²) in [5.41, 5.74) is 6.56. The molecule has 0 aliphatic rings. The van der Waals surface area contributed by atoms with Crippen LogP contribution in [0.2, 0.25) is 0 Å². The first-order chi connectivity index (χ1) is 12.2. The van der Waals surface area contributed by atoms with Crippen molar-refractivity contribution in [1.82, 2.24) is 9.97 Å². The summed E-state index contributed by atoms with van der Waals surface area (Å²) in [6.07, 6.45) is -1.83. The van der Waals surface area contributed by atoms with Crippen LogP contribution < -0.4 is 5.73 Å². The molecule has 2 aromatic heterocycles. The van der Waals surface area contributed by atoms with Crippen molar-refractivity contribution in [3.8, 4) is 0 Å². The standard InChI is InChI=1S/C20H22F3N3/c1-13(15-6-5-9-25-12-15)10-19(24,20(21,22)23)11-18-14(2)16-7-3-4-8-17(16)26-18/h3-9,12-13,26H,10-11,24H2,1-2H3. The van der Waals surface area contributed by atoms with Gasteiger partial charge in [0.25, 0.3) is 0 Å². The fourth-order valence-electron chi connectivity index (χ4n) is 3.45. The molecule has 2 unspecified atom stereocenters. The van der Waals surface area contributed by atoms with E-state index < -0.39 is 11.7 Å². The van der Waals surface area contributed by atoms with Gasteiger partial charge in [-0.1, -0.05) is 31.2 Å². The predicted octanol–water partition coefficient (Wildman–Crippen LogP) is 4.87. The molecule has 0 saturated carbocycles. The van der Waals surface area contributed by atoms with Crippen LogP contribution >= 0.6 is 0 Å². The van der Waals surface area contributed by atoms with Gasteiger partial charge in [-0.15, -0.1) is 0 Å². The maximum atomic E-state index is 13.9. The molecular weight excluding hydrogens is 339 g/mol. The smallest absolute Gasteiger partial charge is 0.358 e. The molecule has 0 bridgehead atoms. The zero-order valence-corrected chi connectivity index (χ0v) is 14.8. The van der Waals surface area contributed by atoms with Gasteiger partial charge >= 0.3 is 6.18 Å². The quantitative estimate of drug-likeness (QED) is 0.681. The van der Waals surface area contributed by atoms with Gasteiger partial charge in [0.2, 0.25) is 0 Å².